The fourth-order valence-electron chi connectivity index (χ4n) is 2.94. The summed E-state index contributed by atoms with van der Waals surface area (Å²) >= 11 is 5.97. The van der Waals surface area contributed by atoms with E-state index in [2.05, 4.69) is 4.98 Å². The molecule has 0 unspecified atom stereocenters. The van der Waals surface area contributed by atoms with E-state index in [-0.39, 0.29) is 4.90 Å². The van der Waals surface area contributed by atoms with Crippen molar-refractivity contribution in [2.45, 2.75) is 4.90 Å². The highest BCUT2D eigenvalue weighted by atomic mass is 35.5. The average Bonchev–Trinajstić information content (AvgIpc) is 3.14. The summed E-state index contributed by atoms with van der Waals surface area (Å²) in [7, 11) is -2.26. The van der Waals surface area contributed by atoms with Gasteiger partial charge in [0, 0.05) is 28.4 Å². The van der Waals surface area contributed by atoms with E-state index in [0.29, 0.717) is 22.0 Å². The Morgan fingerprint density at radius 1 is 0.963 bits per heavy atom. The van der Waals surface area contributed by atoms with Crippen LogP contribution < -0.4 is 4.74 Å². The van der Waals surface area contributed by atoms with Crippen LogP contribution in [-0.2, 0) is 10.0 Å². The molecule has 0 saturated carbocycles. The molecule has 0 amide bonds. The molecule has 0 aliphatic rings. The van der Waals surface area contributed by atoms with Crippen LogP contribution in [0.25, 0.3) is 22.2 Å². The first-order valence-electron chi connectivity index (χ1n) is 8.12. The second-order valence-corrected chi connectivity index (χ2v) is 8.15. The van der Waals surface area contributed by atoms with Gasteiger partial charge in [0.2, 0.25) is 0 Å². The van der Waals surface area contributed by atoms with Gasteiger partial charge < -0.3 is 4.74 Å². The number of methoxy groups -OCH3 is 1. The minimum atomic E-state index is -3.79. The van der Waals surface area contributed by atoms with Gasteiger partial charge in [-0.3, -0.25) is 4.98 Å². The van der Waals surface area contributed by atoms with Gasteiger partial charge in [-0.2, -0.15) is 0 Å². The zero-order valence-corrected chi connectivity index (χ0v) is 15.9. The first kappa shape index (κ1) is 17.6. The van der Waals surface area contributed by atoms with Gasteiger partial charge in [0.1, 0.15) is 5.75 Å². The smallest absolute Gasteiger partial charge is 0.268 e. The van der Waals surface area contributed by atoms with Crippen LogP contribution >= 0.6 is 11.6 Å². The lowest BCUT2D eigenvalue weighted by Gasteiger charge is -2.11. The summed E-state index contributed by atoms with van der Waals surface area (Å²) in [6.07, 6.45) is 3.21. The summed E-state index contributed by atoms with van der Waals surface area (Å²) in [5.74, 6) is 0.592. The first-order chi connectivity index (χ1) is 13.0. The van der Waals surface area contributed by atoms with Crippen molar-refractivity contribution >= 4 is 32.5 Å². The molecule has 4 aromatic rings. The summed E-state index contributed by atoms with van der Waals surface area (Å²) in [5, 5.41) is 1.39. The van der Waals surface area contributed by atoms with Crippen LogP contribution in [0.1, 0.15) is 0 Å². The SMILES string of the molecule is COc1ccc(S(=O)(=O)n2ccc3ccnc(-c4ccc(Cl)cc4)c32)cc1. The number of fused-ring (bicyclic) bond motifs is 1. The third-order valence-corrected chi connectivity index (χ3v) is 6.24. The molecular weight excluding hydrogens is 384 g/mol. The van der Waals surface area contributed by atoms with Crippen molar-refractivity contribution < 1.29 is 13.2 Å². The molecule has 0 atom stereocenters. The standard InChI is InChI=1S/C20H15ClN2O3S/c1-26-17-6-8-18(9-7-17)27(24,25)23-13-11-15-10-12-22-19(20(15)23)14-2-4-16(21)5-3-14/h2-13H,1H3. The molecule has 0 bridgehead atoms. The normalized spacial score (nSPS) is 11.6. The van der Waals surface area contributed by atoms with Crippen LogP contribution in [0.3, 0.4) is 0 Å². The van der Waals surface area contributed by atoms with E-state index in [1.807, 2.05) is 12.1 Å². The van der Waals surface area contributed by atoms with E-state index in [4.69, 9.17) is 16.3 Å². The molecule has 5 nitrogen and oxygen atoms in total. The number of aromatic nitrogens is 2. The third kappa shape index (κ3) is 3.07. The Labute approximate surface area is 161 Å². The topological polar surface area (TPSA) is 61.2 Å². The zero-order valence-electron chi connectivity index (χ0n) is 14.3. The van der Waals surface area contributed by atoms with E-state index in [1.54, 1.807) is 48.8 Å². The summed E-state index contributed by atoms with van der Waals surface area (Å²) in [6, 6.07) is 17.0. The largest absolute Gasteiger partial charge is 0.497 e. The van der Waals surface area contributed by atoms with Gasteiger partial charge in [-0.05, 0) is 48.5 Å². The molecule has 2 aromatic carbocycles. The monoisotopic (exact) mass is 398 g/mol. The average molecular weight is 399 g/mol. The number of pyridine rings is 1. The van der Waals surface area contributed by atoms with Crippen LogP contribution in [-0.4, -0.2) is 24.5 Å². The Morgan fingerprint density at radius 2 is 1.67 bits per heavy atom. The third-order valence-electron chi connectivity index (χ3n) is 4.30. The van der Waals surface area contributed by atoms with E-state index in [1.165, 1.54) is 23.2 Å². The van der Waals surface area contributed by atoms with Crippen molar-refractivity contribution in [1.82, 2.24) is 8.96 Å². The van der Waals surface area contributed by atoms with Crippen molar-refractivity contribution in [3.8, 4) is 17.0 Å². The Balaban J connectivity index is 1.93. The quantitative estimate of drug-likeness (QED) is 0.504. The van der Waals surface area contributed by atoms with Crippen LogP contribution in [0.5, 0.6) is 5.75 Å². The Morgan fingerprint density at radius 3 is 2.33 bits per heavy atom. The lowest BCUT2D eigenvalue weighted by molar-refractivity contribution is 0.414. The molecule has 2 aromatic heterocycles. The summed E-state index contributed by atoms with van der Waals surface area (Å²) in [5.41, 5.74) is 1.89. The van der Waals surface area contributed by atoms with Crippen molar-refractivity contribution in [1.29, 1.82) is 0 Å². The highest BCUT2D eigenvalue weighted by Crippen LogP contribution is 2.31. The van der Waals surface area contributed by atoms with Crippen molar-refractivity contribution in [3.05, 3.63) is 78.1 Å². The number of hydrogen-bond acceptors (Lipinski definition) is 4. The molecule has 0 fully saturated rings. The predicted molar refractivity (Wildman–Crippen MR) is 106 cm³/mol. The summed E-state index contributed by atoms with van der Waals surface area (Å²) in [4.78, 5) is 4.60. The van der Waals surface area contributed by atoms with Crippen LogP contribution in [0, 0.1) is 0 Å². The number of rotatable bonds is 4. The molecule has 4 rings (SSSR count). The van der Waals surface area contributed by atoms with E-state index < -0.39 is 10.0 Å². The van der Waals surface area contributed by atoms with Gasteiger partial charge in [0.05, 0.1) is 23.2 Å². The maximum Gasteiger partial charge on any atom is 0.268 e. The first-order valence-corrected chi connectivity index (χ1v) is 9.94. The molecule has 0 N–H and O–H groups in total. The molecular formula is C20H15ClN2O3S. The van der Waals surface area contributed by atoms with Gasteiger partial charge >= 0.3 is 0 Å². The van der Waals surface area contributed by atoms with Gasteiger partial charge in [0.25, 0.3) is 10.0 Å². The van der Waals surface area contributed by atoms with Crippen molar-refractivity contribution in [2.24, 2.45) is 0 Å². The maximum atomic E-state index is 13.2. The van der Waals surface area contributed by atoms with Gasteiger partial charge in [0.15, 0.2) is 0 Å². The second-order valence-electron chi connectivity index (χ2n) is 5.90. The second kappa shape index (κ2) is 6.72. The van der Waals surface area contributed by atoms with Crippen molar-refractivity contribution in [3.63, 3.8) is 0 Å². The highest BCUT2D eigenvalue weighted by Gasteiger charge is 2.21. The van der Waals surface area contributed by atoms with Crippen LogP contribution in [0.15, 0.2) is 78.0 Å². The molecule has 7 heteroatoms. The fraction of sp³-hybridized carbons (Fsp3) is 0.0500. The predicted octanol–water partition coefficient (Wildman–Crippen LogP) is 4.60. The molecule has 0 saturated heterocycles. The van der Waals surface area contributed by atoms with E-state index >= 15 is 0 Å². The lowest BCUT2D eigenvalue weighted by atomic mass is 10.1. The molecule has 0 aliphatic carbocycles. The zero-order chi connectivity index (χ0) is 19.0. The highest BCUT2D eigenvalue weighted by molar-refractivity contribution is 7.90. The minimum Gasteiger partial charge on any atom is -0.497 e. The number of ether oxygens (including phenoxy) is 1. The van der Waals surface area contributed by atoms with Gasteiger partial charge in [-0.15, -0.1) is 0 Å². The minimum absolute atomic E-state index is 0.173. The Kier molecular flexibility index (Phi) is 4.37. The van der Waals surface area contributed by atoms with E-state index in [0.717, 1.165) is 10.9 Å². The van der Waals surface area contributed by atoms with Crippen LogP contribution in [0.4, 0.5) is 0 Å². The molecule has 0 aliphatic heterocycles. The van der Waals surface area contributed by atoms with Crippen LogP contribution in [0.2, 0.25) is 5.02 Å². The van der Waals surface area contributed by atoms with E-state index in [9.17, 15) is 8.42 Å². The summed E-state index contributed by atoms with van der Waals surface area (Å²) < 4.78 is 32.8. The number of halogens is 1. The van der Waals surface area contributed by atoms with Gasteiger partial charge in [-0.25, -0.2) is 12.4 Å². The molecule has 27 heavy (non-hydrogen) atoms. The fourth-order valence-corrected chi connectivity index (χ4v) is 4.42. The molecule has 136 valence electrons. The number of benzene rings is 2. The molecule has 0 spiro atoms. The van der Waals surface area contributed by atoms with Gasteiger partial charge in [-0.1, -0.05) is 23.7 Å². The summed E-state index contributed by atoms with van der Waals surface area (Å²) in [6.45, 7) is 0. The van der Waals surface area contributed by atoms with Crippen molar-refractivity contribution in [2.75, 3.05) is 7.11 Å². The number of nitrogens with zero attached hydrogens (tertiary/aromatic N) is 2. The number of hydrogen-bond donors (Lipinski definition) is 0. The Bertz CT molecular complexity index is 1210. The lowest BCUT2D eigenvalue weighted by Crippen LogP contribution is -2.12. The molecule has 2 heterocycles. The molecule has 0 radical (unpaired) electrons. The maximum absolute atomic E-state index is 13.2. The Hall–Kier alpha value is -2.83.